The molecule has 1 fully saturated rings. The molecule has 0 spiro atoms. The Hall–Kier alpha value is -2.52. The van der Waals surface area contributed by atoms with Gasteiger partial charge in [0, 0.05) is 18.2 Å². The van der Waals surface area contributed by atoms with E-state index in [1.165, 1.54) is 16.8 Å². The number of aromatic amines is 1. The maximum atomic E-state index is 12.1. The number of rotatable bonds is 11. The summed E-state index contributed by atoms with van der Waals surface area (Å²) in [5, 5.41) is 2.97. The lowest BCUT2D eigenvalue weighted by molar-refractivity contribution is -0.142. The Balaban J connectivity index is 0.00000154. The average Bonchev–Trinajstić information content (AvgIpc) is 3.27. The van der Waals surface area contributed by atoms with E-state index in [0.717, 1.165) is 6.42 Å². The predicted octanol–water partition coefficient (Wildman–Crippen LogP) is 4.38. The first-order valence-electron chi connectivity index (χ1n) is 12.5. The van der Waals surface area contributed by atoms with Gasteiger partial charge >= 0.3 is 20.2 Å². The van der Waals surface area contributed by atoms with Crippen molar-refractivity contribution in [1.29, 1.82) is 0 Å². The molecule has 11 heteroatoms. The highest BCUT2D eigenvalue weighted by atomic mass is 31.2. The summed E-state index contributed by atoms with van der Waals surface area (Å²) in [7, 11) is -1.64. The van der Waals surface area contributed by atoms with E-state index in [9.17, 15) is 14.4 Å². The van der Waals surface area contributed by atoms with Crippen molar-refractivity contribution in [2.24, 2.45) is 5.92 Å². The summed E-state index contributed by atoms with van der Waals surface area (Å²) in [5.41, 5.74) is -0.970. The molecule has 0 amide bonds. The van der Waals surface area contributed by atoms with Crippen LogP contribution in [0.25, 0.3) is 0 Å². The molecule has 3 rings (SSSR count). The Morgan fingerprint density at radius 3 is 2.50 bits per heavy atom. The normalized spacial score (nSPS) is 19.2. The van der Waals surface area contributed by atoms with Gasteiger partial charge in [-0.2, -0.15) is 0 Å². The third-order valence-electron chi connectivity index (χ3n) is 4.71. The lowest BCUT2D eigenvalue weighted by Crippen LogP contribution is -2.33. The van der Waals surface area contributed by atoms with Gasteiger partial charge in [0.25, 0.3) is 5.56 Å². The molecule has 1 aliphatic heterocycles. The molecule has 1 aliphatic rings. The smallest absolute Gasteiger partial charge is 0.330 e. The first kappa shape index (κ1) is 31.5. The van der Waals surface area contributed by atoms with Crippen molar-refractivity contribution < 1.29 is 23.3 Å². The zero-order chi connectivity index (χ0) is 26.9. The van der Waals surface area contributed by atoms with Crippen LogP contribution in [0.1, 0.15) is 60.6 Å². The van der Waals surface area contributed by atoms with Gasteiger partial charge in [-0.25, -0.2) is 9.88 Å². The molecule has 1 aromatic heterocycles. The van der Waals surface area contributed by atoms with E-state index >= 15 is 0 Å². The van der Waals surface area contributed by atoms with E-state index in [0.29, 0.717) is 18.8 Å². The van der Waals surface area contributed by atoms with E-state index < -0.39 is 26.0 Å². The maximum Gasteiger partial charge on any atom is 0.330 e. The van der Waals surface area contributed by atoms with Gasteiger partial charge in [0.1, 0.15) is 18.5 Å². The summed E-state index contributed by atoms with van der Waals surface area (Å²) in [6.45, 7) is 12.4. The lowest BCUT2D eigenvalue weighted by atomic mass is 10.1. The minimum atomic E-state index is -1.64. The van der Waals surface area contributed by atoms with Crippen LogP contribution >= 0.6 is 8.53 Å². The van der Waals surface area contributed by atoms with Gasteiger partial charge < -0.3 is 18.5 Å². The summed E-state index contributed by atoms with van der Waals surface area (Å²) >= 11 is 0. The van der Waals surface area contributed by atoms with Crippen LogP contribution in [0, 0.1) is 5.92 Å². The summed E-state index contributed by atoms with van der Waals surface area (Å²) < 4.78 is 24.3. The number of aromatic nitrogens is 2. The van der Waals surface area contributed by atoms with Crippen molar-refractivity contribution in [3.8, 4) is 5.75 Å². The molecule has 1 saturated heterocycles. The van der Waals surface area contributed by atoms with Crippen molar-refractivity contribution in [1.82, 2.24) is 14.6 Å². The molecule has 2 N–H and O–H groups in total. The molecule has 4 atom stereocenters. The first-order chi connectivity index (χ1) is 17.5. The number of ether oxygens (including phenoxy) is 2. The molecule has 202 valence electrons. The Kier molecular flexibility index (Phi) is 15.6. The number of carbonyl (C=O) groups is 1. The van der Waals surface area contributed by atoms with E-state index in [1.54, 1.807) is 12.1 Å². The number of esters is 1. The average molecular weight is 526 g/mol. The van der Waals surface area contributed by atoms with E-state index in [-0.39, 0.29) is 31.1 Å². The van der Waals surface area contributed by atoms with Crippen molar-refractivity contribution in [2.75, 3.05) is 19.8 Å². The van der Waals surface area contributed by atoms with Crippen molar-refractivity contribution in [3.63, 3.8) is 0 Å². The standard InChI is InChI=1S/C21H28N3O7P.2C2H6/c1-3-11-28-19(26)13-22-32(31-16-7-5-4-6-8-16)29-14-17-12-15(2)20(30-17)24-10-9-18(25)23-21(24)27;2*1-2/h4-10,15,17,20,22H,3,11-14H2,1-2H3,(H,23,25,27);2*1-2H3/t15?,17?,20?,32-;;/m0../s1. The highest BCUT2D eigenvalue weighted by Gasteiger charge is 2.35. The predicted molar refractivity (Wildman–Crippen MR) is 141 cm³/mol. The largest absolute Gasteiger partial charge is 0.465 e. The van der Waals surface area contributed by atoms with Crippen LogP contribution in [0.5, 0.6) is 5.75 Å². The summed E-state index contributed by atoms with van der Waals surface area (Å²) in [6, 6.07) is 10.4. The minimum absolute atomic E-state index is 0.0328. The zero-order valence-electron chi connectivity index (χ0n) is 22.1. The molecule has 3 unspecified atom stereocenters. The molecule has 0 aliphatic carbocycles. The number of para-hydroxylation sites is 1. The third-order valence-corrected chi connectivity index (χ3v) is 5.88. The molecule has 2 heterocycles. The summed E-state index contributed by atoms with van der Waals surface area (Å²) in [4.78, 5) is 37.5. The van der Waals surface area contributed by atoms with Crippen LogP contribution in [0.2, 0.25) is 0 Å². The molecule has 0 bridgehead atoms. The number of H-pyrrole nitrogens is 1. The first-order valence-corrected chi connectivity index (χ1v) is 13.7. The van der Waals surface area contributed by atoms with Gasteiger partial charge in [-0.05, 0) is 25.0 Å². The quantitative estimate of drug-likeness (QED) is 0.328. The number of hydrogen-bond acceptors (Lipinski definition) is 8. The van der Waals surface area contributed by atoms with Crippen LogP contribution in [-0.2, 0) is 18.8 Å². The number of carbonyl (C=O) groups excluding carboxylic acids is 1. The Bertz CT molecular complexity index is 983. The Morgan fingerprint density at radius 1 is 1.17 bits per heavy atom. The molecular weight excluding hydrogens is 485 g/mol. The zero-order valence-corrected chi connectivity index (χ0v) is 23.0. The summed E-state index contributed by atoms with van der Waals surface area (Å²) in [5.74, 6) is 0.250. The van der Waals surface area contributed by atoms with Gasteiger partial charge in [0.15, 0.2) is 0 Å². The molecule has 0 saturated carbocycles. The van der Waals surface area contributed by atoms with Gasteiger partial charge in [-0.15, -0.1) is 0 Å². The number of nitrogens with one attached hydrogen (secondary N) is 2. The molecular formula is C25H40N3O7P. The van der Waals surface area contributed by atoms with Gasteiger partial charge in [-0.3, -0.25) is 19.1 Å². The lowest BCUT2D eigenvalue weighted by Gasteiger charge is -2.21. The Morgan fingerprint density at radius 2 is 1.86 bits per heavy atom. The van der Waals surface area contributed by atoms with E-state index in [1.807, 2.05) is 59.7 Å². The van der Waals surface area contributed by atoms with Gasteiger partial charge in [0.2, 0.25) is 0 Å². The topological polar surface area (TPSA) is 121 Å². The number of benzene rings is 1. The van der Waals surface area contributed by atoms with Gasteiger partial charge in [0.05, 0.1) is 19.3 Å². The van der Waals surface area contributed by atoms with Crippen LogP contribution in [-0.4, -0.2) is 41.4 Å². The second-order valence-corrected chi connectivity index (χ2v) is 8.66. The van der Waals surface area contributed by atoms with Crippen molar-refractivity contribution in [2.45, 2.75) is 66.7 Å². The highest BCUT2D eigenvalue weighted by Crippen LogP contribution is 2.38. The second-order valence-electron chi connectivity index (χ2n) is 7.39. The van der Waals surface area contributed by atoms with E-state index in [2.05, 4.69) is 10.1 Å². The van der Waals surface area contributed by atoms with Crippen LogP contribution in [0.3, 0.4) is 0 Å². The third kappa shape index (κ3) is 10.6. The number of hydrogen-bond donors (Lipinski definition) is 2. The maximum absolute atomic E-state index is 12.1. The molecule has 0 radical (unpaired) electrons. The van der Waals surface area contributed by atoms with Crippen molar-refractivity contribution >= 4 is 14.5 Å². The second kappa shape index (κ2) is 17.8. The van der Waals surface area contributed by atoms with Crippen LogP contribution in [0.4, 0.5) is 0 Å². The molecule has 36 heavy (non-hydrogen) atoms. The number of nitrogens with zero attached hydrogens (tertiary/aromatic N) is 1. The van der Waals surface area contributed by atoms with E-state index in [4.69, 9.17) is 18.5 Å². The fraction of sp³-hybridized carbons (Fsp3) is 0.560. The molecule has 10 nitrogen and oxygen atoms in total. The molecule has 1 aromatic carbocycles. The van der Waals surface area contributed by atoms with Crippen LogP contribution in [0.15, 0.2) is 52.2 Å². The van der Waals surface area contributed by atoms with Gasteiger partial charge in [-0.1, -0.05) is 59.7 Å². The van der Waals surface area contributed by atoms with Crippen LogP contribution < -0.4 is 20.9 Å². The highest BCUT2D eigenvalue weighted by molar-refractivity contribution is 7.45. The summed E-state index contributed by atoms with van der Waals surface area (Å²) in [6.07, 6.45) is 2.04. The minimum Gasteiger partial charge on any atom is -0.465 e. The fourth-order valence-corrected chi connectivity index (χ4v) is 4.30. The monoisotopic (exact) mass is 525 g/mol. The van der Waals surface area contributed by atoms with Crippen molar-refractivity contribution in [3.05, 3.63) is 63.4 Å². The SMILES string of the molecule is CC.CC.CCCOC(=O)CN[P@@](OCC1CC(C)C(n2ccc(=O)[nH]c2=O)O1)Oc1ccccc1. The molecule has 2 aromatic rings. The Labute approximate surface area is 214 Å². The fourth-order valence-electron chi connectivity index (χ4n) is 3.22.